The average molecular weight is 392 g/mol. The molecule has 0 saturated heterocycles. The van der Waals surface area contributed by atoms with Gasteiger partial charge in [0.15, 0.2) is 5.75 Å². The van der Waals surface area contributed by atoms with Crippen molar-refractivity contribution in [2.45, 2.75) is 26.4 Å². The number of halogens is 1. The van der Waals surface area contributed by atoms with E-state index in [-0.39, 0.29) is 24.1 Å². The molecule has 0 aliphatic carbocycles. The van der Waals surface area contributed by atoms with Gasteiger partial charge in [0.05, 0.1) is 30.9 Å². The van der Waals surface area contributed by atoms with Gasteiger partial charge in [0.25, 0.3) is 0 Å². The second-order valence-electron chi connectivity index (χ2n) is 7.13. The Morgan fingerprint density at radius 1 is 1.17 bits per heavy atom. The number of benzene rings is 1. The fourth-order valence-corrected chi connectivity index (χ4v) is 3.89. The molecule has 146 valence electrons. The maximum atomic E-state index is 13.5. The lowest BCUT2D eigenvalue weighted by Crippen LogP contribution is -2.37. The number of fused-ring (bicyclic) bond motifs is 2. The molecule has 1 aromatic carbocycles. The Hall–Kier alpha value is -3.55. The summed E-state index contributed by atoms with van der Waals surface area (Å²) in [4.78, 5) is 29.9. The van der Waals surface area contributed by atoms with E-state index < -0.39 is 0 Å². The van der Waals surface area contributed by atoms with Crippen molar-refractivity contribution in [1.29, 1.82) is 0 Å². The van der Waals surface area contributed by atoms with Gasteiger partial charge in [-0.3, -0.25) is 19.3 Å². The van der Waals surface area contributed by atoms with Crippen molar-refractivity contribution in [1.82, 2.24) is 19.7 Å². The molecule has 0 spiro atoms. The van der Waals surface area contributed by atoms with Crippen LogP contribution in [0.3, 0.4) is 0 Å². The van der Waals surface area contributed by atoms with Gasteiger partial charge in [0.2, 0.25) is 5.91 Å². The summed E-state index contributed by atoms with van der Waals surface area (Å²) in [5, 5.41) is 4.76. The molecule has 0 saturated carbocycles. The topological polar surface area (TPSA) is 77.3 Å². The minimum atomic E-state index is -0.352. The first kappa shape index (κ1) is 17.5. The van der Waals surface area contributed by atoms with Crippen LogP contribution in [0.1, 0.15) is 18.3 Å². The molecule has 0 unspecified atom stereocenters. The summed E-state index contributed by atoms with van der Waals surface area (Å²) in [5.41, 5.74) is 4.30. The van der Waals surface area contributed by atoms with Crippen LogP contribution in [0.25, 0.3) is 22.4 Å². The minimum absolute atomic E-state index is 0.0156. The number of pyridine rings is 1. The quantitative estimate of drug-likeness (QED) is 0.627. The summed E-state index contributed by atoms with van der Waals surface area (Å²) < 4.78 is 20.8. The molecule has 0 bridgehead atoms. The molecule has 3 aromatic rings. The fraction of sp³-hybridized carbons (Fsp3) is 0.238. The summed E-state index contributed by atoms with van der Waals surface area (Å²) >= 11 is 0. The molecular weight excluding hydrogens is 375 g/mol. The van der Waals surface area contributed by atoms with Gasteiger partial charge < -0.3 is 9.64 Å². The highest BCUT2D eigenvalue weighted by atomic mass is 19.1. The molecule has 2 aliphatic rings. The first-order valence-electron chi connectivity index (χ1n) is 9.31. The first-order chi connectivity index (χ1) is 14.0. The zero-order valence-corrected chi connectivity index (χ0v) is 15.7. The Labute approximate surface area is 165 Å². The Bertz CT molecular complexity index is 1150. The molecule has 2 aromatic heterocycles. The van der Waals surface area contributed by atoms with Crippen LogP contribution in [-0.2, 0) is 29.1 Å². The first-order valence-corrected chi connectivity index (χ1v) is 9.31. The number of amides is 1. The lowest BCUT2D eigenvalue weighted by Gasteiger charge is -2.27. The van der Waals surface area contributed by atoms with E-state index in [1.807, 2.05) is 4.68 Å². The molecular formula is C21H17FN4O3. The molecule has 0 fully saturated rings. The fourth-order valence-electron chi connectivity index (χ4n) is 3.89. The van der Waals surface area contributed by atoms with Gasteiger partial charge >= 0.3 is 5.97 Å². The van der Waals surface area contributed by atoms with Gasteiger partial charge in [0.1, 0.15) is 11.5 Å². The summed E-state index contributed by atoms with van der Waals surface area (Å²) in [6.07, 6.45) is 1.76. The molecule has 7 nitrogen and oxygen atoms in total. The highest BCUT2D eigenvalue weighted by Crippen LogP contribution is 2.43. The lowest BCUT2D eigenvalue weighted by molar-refractivity contribution is -0.132. The van der Waals surface area contributed by atoms with Crippen molar-refractivity contribution in [2.24, 2.45) is 0 Å². The van der Waals surface area contributed by atoms with E-state index in [1.54, 1.807) is 36.2 Å². The molecule has 5 rings (SSSR count). The number of hydrogen-bond donors (Lipinski definition) is 0. The predicted molar refractivity (Wildman–Crippen MR) is 101 cm³/mol. The Balaban J connectivity index is 1.74. The lowest BCUT2D eigenvalue weighted by atomic mass is 9.97. The van der Waals surface area contributed by atoms with Crippen molar-refractivity contribution >= 4 is 11.9 Å². The maximum absolute atomic E-state index is 13.5. The maximum Gasteiger partial charge on any atom is 0.317 e. The number of hydrogen-bond acceptors (Lipinski definition) is 5. The molecule has 2 aliphatic heterocycles. The summed E-state index contributed by atoms with van der Waals surface area (Å²) in [6, 6.07) is 7.90. The molecule has 29 heavy (non-hydrogen) atoms. The Kier molecular flexibility index (Phi) is 3.94. The van der Waals surface area contributed by atoms with Gasteiger partial charge in [-0.1, -0.05) is 0 Å². The monoisotopic (exact) mass is 392 g/mol. The van der Waals surface area contributed by atoms with Crippen molar-refractivity contribution in [3.8, 4) is 28.1 Å². The van der Waals surface area contributed by atoms with Crippen molar-refractivity contribution in [2.75, 3.05) is 6.54 Å². The van der Waals surface area contributed by atoms with E-state index >= 15 is 0 Å². The van der Waals surface area contributed by atoms with Gasteiger partial charge in [0, 0.05) is 36.4 Å². The van der Waals surface area contributed by atoms with E-state index in [0.717, 1.165) is 16.8 Å². The van der Waals surface area contributed by atoms with E-state index in [4.69, 9.17) is 9.84 Å². The van der Waals surface area contributed by atoms with Crippen LogP contribution < -0.4 is 4.74 Å². The van der Waals surface area contributed by atoms with Crippen molar-refractivity contribution in [3.05, 3.63) is 53.7 Å². The summed E-state index contributed by atoms with van der Waals surface area (Å²) in [5.74, 6) is -0.273. The highest BCUT2D eigenvalue weighted by Gasteiger charge is 2.32. The molecule has 0 atom stereocenters. The number of nitrogens with zero attached hydrogens (tertiary/aromatic N) is 4. The van der Waals surface area contributed by atoms with E-state index in [9.17, 15) is 14.0 Å². The smallest absolute Gasteiger partial charge is 0.317 e. The third kappa shape index (κ3) is 2.88. The van der Waals surface area contributed by atoms with Gasteiger partial charge in [-0.2, -0.15) is 5.10 Å². The number of carbonyl (C=O) groups is 2. The zero-order chi connectivity index (χ0) is 20.1. The Morgan fingerprint density at radius 3 is 2.72 bits per heavy atom. The normalized spacial score (nSPS) is 15.1. The number of ether oxygens (including phenoxy) is 1. The largest absolute Gasteiger partial charge is 0.424 e. The van der Waals surface area contributed by atoms with Crippen molar-refractivity contribution in [3.63, 3.8) is 0 Å². The summed E-state index contributed by atoms with van der Waals surface area (Å²) in [7, 11) is 0. The molecule has 1 amide bonds. The minimum Gasteiger partial charge on any atom is -0.424 e. The zero-order valence-electron chi connectivity index (χ0n) is 15.7. The van der Waals surface area contributed by atoms with Crippen molar-refractivity contribution < 1.29 is 18.7 Å². The van der Waals surface area contributed by atoms with Gasteiger partial charge in [-0.05, 0) is 30.3 Å². The second-order valence-corrected chi connectivity index (χ2v) is 7.13. The predicted octanol–water partition coefficient (Wildman–Crippen LogP) is 2.57. The average Bonchev–Trinajstić information content (AvgIpc) is 3.27. The third-order valence-electron chi connectivity index (χ3n) is 5.32. The van der Waals surface area contributed by atoms with Crippen LogP contribution in [0.15, 0.2) is 36.5 Å². The van der Waals surface area contributed by atoms with Crippen LogP contribution >= 0.6 is 0 Å². The van der Waals surface area contributed by atoms with Crippen LogP contribution in [0.5, 0.6) is 5.75 Å². The van der Waals surface area contributed by atoms with E-state index in [2.05, 4.69) is 4.98 Å². The number of rotatable bonds is 2. The molecule has 4 heterocycles. The molecule has 0 N–H and O–H groups in total. The SMILES string of the molecule is CC(=O)N1CCn2nc(-c3ccc(F)cc3)c(-c3ccnc4c3OC(=O)C4)c2C1. The second kappa shape index (κ2) is 6.51. The molecule has 8 heteroatoms. The number of esters is 1. The standard InChI is InChI=1S/C21H17FN4O3/c1-12(27)25-8-9-26-17(11-25)19(20(24-26)13-2-4-14(22)5-3-13)15-6-7-23-16-10-18(28)29-21(15)16/h2-7H,8-11H2,1H3. The van der Waals surface area contributed by atoms with Crippen LogP contribution in [-0.4, -0.2) is 38.1 Å². The van der Waals surface area contributed by atoms with E-state index in [0.29, 0.717) is 42.3 Å². The number of carbonyl (C=O) groups excluding carboxylic acids is 2. The third-order valence-corrected chi connectivity index (χ3v) is 5.32. The summed E-state index contributed by atoms with van der Waals surface area (Å²) in [6.45, 7) is 3.05. The van der Waals surface area contributed by atoms with Crippen LogP contribution in [0, 0.1) is 5.82 Å². The highest BCUT2D eigenvalue weighted by molar-refractivity contribution is 5.91. The number of aromatic nitrogens is 3. The van der Waals surface area contributed by atoms with Gasteiger partial charge in [-0.15, -0.1) is 0 Å². The van der Waals surface area contributed by atoms with Gasteiger partial charge in [-0.25, -0.2) is 4.39 Å². The van der Waals surface area contributed by atoms with Crippen LogP contribution in [0.2, 0.25) is 0 Å². The van der Waals surface area contributed by atoms with E-state index in [1.165, 1.54) is 12.1 Å². The van der Waals surface area contributed by atoms with Crippen LogP contribution in [0.4, 0.5) is 4.39 Å². The molecule has 0 radical (unpaired) electrons. The Morgan fingerprint density at radius 2 is 1.97 bits per heavy atom.